The second-order valence-corrected chi connectivity index (χ2v) is 6.19. The average Bonchev–Trinajstić information content (AvgIpc) is 2.97. The first-order valence-electron chi connectivity index (χ1n) is 6.57. The summed E-state index contributed by atoms with van der Waals surface area (Å²) < 4.78 is 2.08. The molecule has 1 saturated carbocycles. The van der Waals surface area contributed by atoms with E-state index in [9.17, 15) is 0 Å². The molecule has 1 aliphatic rings. The lowest BCUT2D eigenvalue weighted by atomic mass is 9.86. The molecule has 2 heterocycles. The van der Waals surface area contributed by atoms with Crippen molar-refractivity contribution in [3.8, 4) is 0 Å². The summed E-state index contributed by atoms with van der Waals surface area (Å²) in [5.74, 6) is 1.40. The molecule has 1 N–H and O–H groups in total. The van der Waals surface area contributed by atoms with E-state index in [4.69, 9.17) is 11.6 Å². The molecule has 2 atom stereocenters. The molecular formula is C13H18ClN3S. The predicted octanol–water partition coefficient (Wildman–Crippen LogP) is 3.28. The van der Waals surface area contributed by atoms with Gasteiger partial charge in [-0.2, -0.15) is 0 Å². The zero-order chi connectivity index (χ0) is 12.4. The summed E-state index contributed by atoms with van der Waals surface area (Å²) in [7, 11) is 0. The van der Waals surface area contributed by atoms with Crippen molar-refractivity contribution >= 4 is 27.9 Å². The van der Waals surface area contributed by atoms with Gasteiger partial charge in [0, 0.05) is 36.2 Å². The molecule has 0 saturated heterocycles. The Balaban J connectivity index is 1.61. The number of nitrogens with one attached hydrogen (secondary N) is 1. The monoisotopic (exact) mass is 283 g/mol. The fourth-order valence-corrected chi connectivity index (χ4v) is 3.85. The molecule has 0 amide bonds. The second-order valence-electron chi connectivity index (χ2n) is 5.01. The first-order chi connectivity index (χ1) is 8.86. The van der Waals surface area contributed by atoms with Crippen molar-refractivity contribution in [2.75, 3.05) is 5.88 Å². The summed E-state index contributed by atoms with van der Waals surface area (Å²) in [6.07, 6.45) is 9.33. The summed E-state index contributed by atoms with van der Waals surface area (Å²) in [5.41, 5.74) is 1.13. The van der Waals surface area contributed by atoms with Gasteiger partial charge in [0.25, 0.3) is 0 Å². The van der Waals surface area contributed by atoms with Crippen LogP contribution in [-0.2, 0) is 6.54 Å². The Kier molecular flexibility index (Phi) is 3.87. The largest absolute Gasteiger partial charge is 0.308 e. The van der Waals surface area contributed by atoms with Crippen LogP contribution in [0.2, 0.25) is 0 Å². The number of fused-ring (bicyclic) bond motifs is 1. The van der Waals surface area contributed by atoms with Crippen molar-refractivity contribution in [2.45, 2.75) is 38.3 Å². The fraction of sp³-hybridized carbons (Fsp3) is 0.615. The molecule has 0 aromatic carbocycles. The summed E-state index contributed by atoms with van der Waals surface area (Å²) in [4.78, 5) is 5.67. The van der Waals surface area contributed by atoms with Crippen LogP contribution in [0.3, 0.4) is 0 Å². The molecular weight excluding hydrogens is 266 g/mol. The van der Waals surface area contributed by atoms with E-state index in [1.807, 2.05) is 0 Å². The van der Waals surface area contributed by atoms with Crippen LogP contribution in [0.5, 0.6) is 0 Å². The number of nitrogens with zero attached hydrogens (tertiary/aromatic N) is 2. The van der Waals surface area contributed by atoms with Crippen molar-refractivity contribution < 1.29 is 0 Å². The number of thiazole rings is 1. The molecule has 0 spiro atoms. The average molecular weight is 284 g/mol. The standard InChI is InChI=1S/C13H18ClN3S/c14-7-10-3-1-2-4-12(10)15-8-11-9-17-5-6-18-13(17)16-11/h5-6,9-10,12,15H,1-4,7-8H2. The van der Waals surface area contributed by atoms with Crippen molar-refractivity contribution in [1.29, 1.82) is 0 Å². The van der Waals surface area contributed by atoms with E-state index in [1.165, 1.54) is 25.7 Å². The molecule has 0 aliphatic heterocycles. The first kappa shape index (κ1) is 12.5. The number of aromatic nitrogens is 2. The number of halogens is 1. The molecule has 5 heteroatoms. The lowest BCUT2D eigenvalue weighted by Crippen LogP contribution is -2.39. The zero-order valence-electron chi connectivity index (χ0n) is 10.3. The molecule has 0 radical (unpaired) electrons. The van der Waals surface area contributed by atoms with Crippen molar-refractivity contribution in [3.63, 3.8) is 0 Å². The van der Waals surface area contributed by atoms with Crippen molar-refractivity contribution in [3.05, 3.63) is 23.5 Å². The SMILES string of the molecule is ClCC1CCCCC1NCc1cn2ccsc2n1. The van der Waals surface area contributed by atoms with E-state index in [1.54, 1.807) is 11.3 Å². The minimum atomic E-state index is 0.566. The van der Waals surface area contributed by atoms with Gasteiger partial charge in [-0.25, -0.2) is 4.98 Å². The number of rotatable bonds is 4. The topological polar surface area (TPSA) is 29.3 Å². The number of hydrogen-bond acceptors (Lipinski definition) is 3. The normalized spacial score (nSPS) is 24.7. The maximum absolute atomic E-state index is 6.05. The van der Waals surface area contributed by atoms with Gasteiger partial charge in [0.15, 0.2) is 4.96 Å². The highest BCUT2D eigenvalue weighted by Gasteiger charge is 2.23. The molecule has 18 heavy (non-hydrogen) atoms. The lowest BCUT2D eigenvalue weighted by molar-refractivity contribution is 0.282. The number of alkyl halides is 1. The second kappa shape index (κ2) is 5.59. The van der Waals surface area contributed by atoms with Gasteiger partial charge in [0.2, 0.25) is 0 Å². The molecule has 0 bridgehead atoms. The van der Waals surface area contributed by atoms with Gasteiger partial charge in [0.1, 0.15) is 0 Å². The van der Waals surface area contributed by atoms with Crippen LogP contribution in [0.4, 0.5) is 0 Å². The van der Waals surface area contributed by atoms with E-state index in [0.29, 0.717) is 12.0 Å². The minimum absolute atomic E-state index is 0.566. The number of hydrogen-bond donors (Lipinski definition) is 1. The van der Waals surface area contributed by atoms with Crippen molar-refractivity contribution in [1.82, 2.24) is 14.7 Å². The Morgan fingerprint density at radius 2 is 2.33 bits per heavy atom. The highest BCUT2D eigenvalue weighted by molar-refractivity contribution is 7.15. The van der Waals surface area contributed by atoms with E-state index < -0.39 is 0 Å². The molecule has 1 aliphatic carbocycles. The van der Waals surface area contributed by atoms with E-state index in [-0.39, 0.29) is 0 Å². The molecule has 2 unspecified atom stereocenters. The third-order valence-corrected chi connectivity index (χ3v) is 4.96. The third-order valence-electron chi connectivity index (χ3n) is 3.80. The fourth-order valence-electron chi connectivity index (χ4n) is 2.76. The maximum Gasteiger partial charge on any atom is 0.193 e. The predicted molar refractivity (Wildman–Crippen MR) is 76.4 cm³/mol. The molecule has 2 aromatic heterocycles. The Bertz CT molecular complexity index is 479. The van der Waals surface area contributed by atoms with E-state index >= 15 is 0 Å². The van der Waals surface area contributed by atoms with Crippen LogP contribution in [0.1, 0.15) is 31.4 Å². The lowest BCUT2D eigenvalue weighted by Gasteiger charge is -2.30. The van der Waals surface area contributed by atoms with Gasteiger partial charge in [0.05, 0.1) is 5.69 Å². The quantitative estimate of drug-likeness (QED) is 0.873. The zero-order valence-corrected chi connectivity index (χ0v) is 11.9. The van der Waals surface area contributed by atoms with Crippen LogP contribution in [0, 0.1) is 5.92 Å². The molecule has 3 nitrogen and oxygen atoms in total. The van der Waals surface area contributed by atoms with Crippen molar-refractivity contribution in [2.24, 2.45) is 5.92 Å². The highest BCUT2D eigenvalue weighted by atomic mass is 35.5. The summed E-state index contributed by atoms with van der Waals surface area (Å²) in [6, 6.07) is 0.566. The Morgan fingerprint density at radius 3 is 3.17 bits per heavy atom. The van der Waals surface area contributed by atoms with Gasteiger partial charge < -0.3 is 5.32 Å². The smallest absolute Gasteiger partial charge is 0.193 e. The Morgan fingerprint density at radius 1 is 1.44 bits per heavy atom. The van der Waals surface area contributed by atoms with Gasteiger partial charge in [-0.1, -0.05) is 12.8 Å². The van der Waals surface area contributed by atoms with Gasteiger partial charge >= 0.3 is 0 Å². The van der Waals surface area contributed by atoms with Gasteiger partial charge in [-0.15, -0.1) is 22.9 Å². The van der Waals surface area contributed by atoms with Crippen LogP contribution >= 0.6 is 22.9 Å². The van der Waals surface area contributed by atoms with Gasteiger partial charge in [-0.05, 0) is 18.8 Å². The summed E-state index contributed by atoms with van der Waals surface area (Å²) in [5, 5.41) is 5.69. The van der Waals surface area contributed by atoms with Crippen LogP contribution in [0.15, 0.2) is 17.8 Å². The number of imidazole rings is 1. The minimum Gasteiger partial charge on any atom is -0.308 e. The molecule has 1 fully saturated rings. The molecule has 2 aromatic rings. The van der Waals surface area contributed by atoms with E-state index in [2.05, 4.69) is 32.5 Å². The first-order valence-corrected chi connectivity index (χ1v) is 7.98. The summed E-state index contributed by atoms with van der Waals surface area (Å²) >= 11 is 7.72. The summed E-state index contributed by atoms with van der Waals surface area (Å²) in [6.45, 7) is 0.854. The van der Waals surface area contributed by atoms with Gasteiger partial charge in [-0.3, -0.25) is 4.40 Å². The maximum atomic E-state index is 6.05. The van der Waals surface area contributed by atoms with Crippen LogP contribution < -0.4 is 5.32 Å². The molecule has 98 valence electrons. The highest BCUT2D eigenvalue weighted by Crippen LogP contribution is 2.25. The third kappa shape index (κ3) is 2.56. The molecule has 3 rings (SSSR count). The van der Waals surface area contributed by atoms with Crippen LogP contribution in [0.25, 0.3) is 4.96 Å². The Labute approximate surface area is 116 Å². The van der Waals surface area contributed by atoms with Crippen LogP contribution in [-0.4, -0.2) is 21.3 Å². The Hall–Kier alpha value is -0.580. The van der Waals surface area contributed by atoms with E-state index in [0.717, 1.165) is 23.1 Å².